The SMILES string of the molecule is COc1cc([C@H]2C(C#N)=C(C)NC3=C2C(=O)CCC3)ccc1O. The summed E-state index contributed by atoms with van der Waals surface area (Å²) in [5.74, 6) is 0.0459. The molecule has 1 heterocycles. The summed E-state index contributed by atoms with van der Waals surface area (Å²) in [5.41, 5.74) is 3.67. The largest absolute Gasteiger partial charge is 0.504 e. The van der Waals surface area contributed by atoms with Crippen molar-refractivity contribution < 1.29 is 14.6 Å². The molecule has 0 amide bonds. The van der Waals surface area contributed by atoms with Crippen LogP contribution in [0.3, 0.4) is 0 Å². The van der Waals surface area contributed by atoms with Gasteiger partial charge in [0.05, 0.1) is 24.7 Å². The number of nitrogens with one attached hydrogen (secondary N) is 1. The molecule has 0 spiro atoms. The summed E-state index contributed by atoms with van der Waals surface area (Å²) >= 11 is 0. The van der Waals surface area contributed by atoms with Crippen LogP contribution in [0.25, 0.3) is 0 Å². The number of rotatable bonds is 2. The molecule has 0 saturated carbocycles. The van der Waals surface area contributed by atoms with E-state index in [4.69, 9.17) is 4.74 Å². The number of hydrogen-bond acceptors (Lipinski definition) is 5. The number of Topliss-reactive ketones (excluding diaryl/α,β-unsaturated/α-hetero) is 1. The van der Waals surface area contributed by atoms with Crippen molar-refractivity contribution in [3.63, 3.8) is 0 Å². The van der Waals surface area contributed by atoms with Crippen molar-refractivity contribution in [2.45, 2.75) is 32.1 Å². The number of benzene rings is 1. The summed E-state index contributed by atoms with van der Waals surface area (Å²) in [6.45, 7) is 1.85. The van der Waals surface area contributed by atoms with Crippen molar-refractivity contribution in [1.82, 2.24) is 5.32 Å². The number of dihydropyridines is 1. The van der Waals surface area contributed by atoms with Gasteiger partial charge >= 0.3 is 0 Å². The molecule has 0 aromatic heterocycles. The van der Waals surface area contributed by atoms with Crippen LogP contribution in [0.1, 0.15) is 37.7 Å². The van der Waals surface area contributed by atoms with E-state index in [1.54, 1.807) is 12.1 Å². The maximum atomic E-state index is 12.5. The highest BCUT2D eigenvalue weighted by molar-refractivity contribution is 5.99. The van der Waals surface area contributed by atoms with Crippen LogP contribution >= 0.6 is 0 Å². The van der Waals surface area contributed by atoms with Crippen molar-refractivity contribution >= 4 is 5.78 Å². The highest BCUT2D eigenvalue weighted by atomic mass is 16.5. The van der Waals surface area contributed by atoms with Gasteiger partial charge in [0.25, 0.3) is 0 Å². The zero-order chi connectivity index (χ0) is 16.6. The van der Waals surface area contributed by atoms with E-state index in [0.29, 0.717) is 23.3 Å². The van der Waals surface area contributed by atoms with E-state index in [0.717, 1.165) is 29.8 Å². The smallest absolute Gasteiger partial charge is 0.161 e. The van der Waals surface area contributed by atoms with Crippen LogP contribution in [0.15, 0.2) is 40.7 Å². The second-order valence-electron chi connectivity index (χ2n) is 5.81. The van der Waals surface area contributed by atoms with E-state index >= 15 is 0 Å². The van der Waals surface area contributed by atoms with Crippen LogP contribution in [0.4, 0.5) is 0 Å². The molecule has 2 aliphatic rings. The Balaban J connectivity index is 2.19. The lowest BCUT2D eigenvalue weighted by atomic mass is 9.75. The summed E-state index contributed by atoms with van der Waals surface area (Å²) in [6, 6.07) is 7.21. The molecule has 1 aromatic carbocycles. The van der Waals surface area contributed by atoms with Crippen LogP contribution in [0.5, 0.6) is 11.5 Å². The highest BCUT2D eigenvalue weighted by Crippen LogP contribution is 2.43. The molecule has 23 heavy (non-hydrogen) atoms. The van der Waals surface area contributed by atoms with Gasteiger partial charge in [0.15, 0.2) is 17.3 Å². The van der Waals surface area contributed by atoms with Crippen LogP contribution in [-0.4, -0.2) is 18.0 Å². The lowest BCUT2D eigenvalue weighted by Crippen LogP contribution is -2.31. The molecule has 0 saturated heterocycles. The third kappa shape index (κ3) is 2.46. The quantitative estimate of drug-likeness (QED) is 0.877. The van der Waals surface area contributed by atoms with Gasteiger partial charge in [0.2, 0.25) is 0 Å². The van der Waals surface area contributed by atoms with E-state index in [2.05, 4.69) is 11.4 Å². The Kier molecular flexibility index (Phi) is 3.83. The molecule has 0 fully saturated rings. The maximum absolute atomic E-state index is 12.5. The summed E-state index contributed by atoms with van der Waals surface area (Å²) < 4.78 is 5.17. The molecule has 0 radical (unpaired) electrons. The second kappa shape index (κ2) is 5.81. The number of phenolic OH excluding ortho intramolecular Hbond substituents is 1. The van der Waals surface area contributed by atoms with Gasteiger partial charge in [-0.15, -0.1) is 0 Å². The Morgan fingerprint density at radius 2 is 2.17 bits per heavy atom. The Bertz CT molecular complexity index is 784. The normalized spacial score (nSPS) is 20.7. The number of phenols is 1. The van der Waals surface area contributed by atoms with Crippen molar-refractivity contribution in [3.8, 4) is 17.6 Å². The molecular formula is C18H18N2O3. The predicted molar refractivity (Wildman–Crippen MR) is 84.7 cm³/mol. The number of nitrogens with zero attached hydrogens (tertiary/aromatic N) is 1. The first-order chi connectivity index (χ1) is 11.1. The minimum atomic E-state index is -0.404. The minimum Gasteiger partial charge on any atom is -0.504 e. The molecule has 1 aliphatic carbocycles. The first-order valence-electron chi connectivity index (χ1n) is 7.57. The number of allylic oxidation sites excluding steroid dienone is 4. The first kappa shape index (κ1) is 15.2. The predicted octanol–water partition coefficient (Wildman–Crippen LogP) is 2.89. The second-order valence-corrected chi connectivity index (χ2v) is 5.81. The molecule has 5 heteroatoms. The number of carbonyl (C=O) groups is 1. The monoisotopic (exact) mass is 310 g/mol. The van der Waals surface area contributed by atoms with Crippen molar-refractivity contribution in [2.75, 3.05) is 7.11 Å². The molecule has 0 bridgehead atoms. The third-order valence-corrected chi connectivity index (χ3v) is 4.43. The molecule has 1 aliphatic heterocycles. The summed E-state index contributed by atoms with van der Waals surface area (Å²) in [4.78, 5) is 12.5. The summed E-state index contributed by atoms with van der Waals surface area (Å²) in [6.07, 6.45) is 2.14. The maximum Gasteiger partial charge on any atom is 0.161 e. The molecule has 1 aromatic rings. The van der Waals surface area contributed by atoms with E-state index in [-0.39, 0.29) is 11.5 Å². The van der Waals surface area contributed by atoms with Crippen LogP contribution in [0.2, 0.25) is 0 Å². The summed E-state index contributed by atoms with van der Waals surface area (Å²) in [5, 5.41) is 22.6. The van der Waals surface area contributed by atoms with Crippen LogP contribution in [-0.2, 0) is 4.79 Å². The highest BCUT2D eigenvalue weighted by Gasteiger charge is 2.36. The van der Waals surface area contributed by atoms with Gasteiger partial charge in [-0.05, 0) is 37.5 Å². The van der Waals surface area contributed by atoms with Gasteiger partial charge < -0.3 is 15.2 Å². The van der Waals surface area contributed by atoms with E-state index < -0.39 is 5.92 Å². The number of carbonyl (C=O) groups excluding carboxylic acids is 1. The fourth-order valence-corrected chi connectivity index (χ4v) is 3.34. The number of hydrogen-bond donors (Lipinski definition) is 2. The van der Waals surface area contributed by atoms with Gasteiger partial charge in [0, 0.05) is 23.4 Å². The van der Waals surface area contributed by atoms with E-state index in [9.17, 15) is 15.2 Å². The van der Waals surface area contributed by atoms with E-state index in [1.807, 2.05) is 6.92 Å². The molecule has 118 valence electrons. The Morgan fingerprint density at radius 1 is 1.39 bits per heavy atom. The van der Waals surface area contributed by atoms with E-state index in [1.165, 1.54) is 13.2 Å². The van der Waals surface area contributed by atoms with Crippen LogP contribution < -0.4 is 10.1 Å². The topological polar surface area (TPSA) is 82.3 Å². The average Bonchev–Trinajstić information content (AvgIpc) is 2.54. The molecule has 0 unspecified atom stereocenters. The third-order valence-electron chi connectivity index (χ3n) is 4.43. The zero-order valence-corrected chi connectivity index (χ0v) is 13.1. The Morgan fingerprint density at radius 3 is 2.87 bits per heavy atom. The lowest BCUT2D eigenvalue weighted by molar-refractivity contribution is -0.116. The minimum absolute atomic E-state index is 0.0357. The fraction of sp³-hybridized carbons (Fsp3) is 0.333. The standard InChI is InChI=1S/C18H18N2O3/c1-10-12(9-19)17(11-6-7-14(21)16(8-11)23-2)18-13(20-10)4-3-5-15(18)22/h6-8,17,20-21H,3-5H2,1-2H3/t17-/m0/s1. The first-order valence-corrected chi connectivity index (χ1v) is 7.57. The van der Waals surface area contributed by atoms with Crippen molar-refractivity contribution in [2.24, 2.45) is 0 Å². The Labute approximate surface area is 134 Å². The van der Waals surface area contributed by atoms with Gasteiger partial charge in [-0.3, -0.25) is 4.79 Å². The van der Waals surface area contributed by atoms with Crippen molar-refractivity contribution in [3.05, 3.63) is 46.3 Å². The van der Waals surface area contributed by atoms with Gasteiger partial charge in [-0.1, -0.05) is 6.07 Å². The average molecular weight is 310 g/mol. The van der Waals surface area contributed by atoms with Crippen molar-refractivity contribution in [1.29, 1.82) is 5.26 Å². The molecular weight excluding hydrogens is 292 g/mol. The zero-order valence-electron chi connectivity index (χ0n) is 13.1. The molecule has 1 atom stereocenters. The van der Waals surface area contributed by atoms with Gasteiger partial charge in [-0.2, -0.15) is 5.26 Å². The van der Waals surface area contributed by atoms with Crippen LogP contribution in [0, 0.1) is 11.3 Å². The summed E-state index contributed by atoms with van der Waals surface area (Å²) in [7, 11) is 1.48. The molecule has 2 N–H and O–H groups in total. The number of nitriles is 1. The van der Waals surface area contributed by atoms with Gasteiger partial charge in [-0.25, -0.2) is 0 Å². The van der Waals surface area contributed by atoms with Gasteiger partial charge in [0.1, 0.15) is 0 Å². The lowest BCUT2D eigenvalue weighted by Gasteiger charge is -2.32. The number of ketones is 1. The fourth-order valence-electron chi connectivity index (χ4n) is 3.34. The number of methoxy groups -OCH3 is 1. The number of aromatic hydroxyl groups is 1. The Hall–Kier alpha value is -2.74. The molecule has 3 rings (SSSR count). The number of ether oxygens (including phenoxy) is 1. The molecule has 5 nitrogen and oxygen atoms in total.